The van der Waals surface area contributed by atoms with Crippen molar-refractivity contribution < 1.29 is 136 Å². The molecule has 0 saturated heterocycles. The van der Waals surface area contributed by atoms with Crippen LogP contribution in [-0.2, 0) is 88.8 Å². The number of quaternary nitrogens is 5. The van der Waals surface area contributed by atoms with E-state index in [4.69, 9.17) is 14.2 Å². The van der Waals surface area contributed by atoms with Gasteiger partial charge in [0.2, 0.25) is 11.8 Å². The summed E-state index contributed by atoms with van der Waals surface area (Å²) in [7, 11) is -2.72. The highest BCUT2D eigenvalue weighted by molar-refractivity contribution is 7.86. The summed E-state index contributed by atoms with van der Waals surface area (Å²) < 4.78 is 174. The molecule has 0 aromatic heterocycles. The summed E-state index contributed by atoms with van der Waals surface area (Å²) in [6, 6.07) is 0. The predicted molar refractivity (Wildman–Crippen MR) is 359 cm³/mol. The van der Waals surface area contributed by atoms with Gasteiger partial charge in [-0.3, -0.25) is 9.59 Å². The van der Waals surface area contributed by atoms with Crippen LogP contribution in [-0.4, -0.2) is 337 Å². The Bertz CT molecular complexity index is 2970. The lowest BCUT2D eigenvalue weighted by Crippen LogP contribution is -2.49. The van der Waals surface area contributed by atoms with E-state index in [9.17, 15) is 99.0 Å². The second-order valence-electron chi connectivity index (χ2n) is 25.4. The molecule has 0 aliphatic rings. The lowest BCUT2D eigenvalue weighted by molar-refractivity contribution is -0.893. The van der Waals surface area contributed by atoms with E-state index >= 15 is 0 Å². The van der Waals surface area contributed by atoms with E-state index in [1.54, 1.807) is 34.9 Å². The highest BCUT2D eigenvalue weighted by atomic mass is 32.2. The summed E-state index contributed by atoms with van der Waals surface area (Å²) in [5.41, 5.74) is 1.56. The van der Waals surface area contributed by atoms with Gasteiger partial charge in [0.25, 0.3) is 0 Å². The van der Waals surface area contributed by atoms with E-state index in [2.05, 4.69) is 43.5 Å². The van der Waals surface area contributed by atoms with Crippen molar-refractivity contribution in [3.05, 3.63) is 61.3 Å². The van der Waals surface area contributed by atoms with Crippen LogP contribution in [0.5, 0.6) is 0 Å². The van der Waals surface area contributed by atoms with Gasteiger partial charge in [-0.05, 0) is 27.7 Å². The monoisotopic (exact) mass is 1470 g/mol. The molecule has 0 saturated carbocycles. The standard InChI is InChI=1S/C12H24N2O5S.C12H24N2O4S.C11H21NO6S.C11H21NO5S.C10H19NO5S.2CH4/c1-10(2)12(16)13-6-5-7-14(3,4)8-11(15)9-20(17,18)19;1-11(2)12(15)13-7-5-8-14(3,4)9-6-10-19(16,17)18;1-9(2)11(14)18-6-5-12(3,4)7-10(13)8-19(15,16)17;1-10(2)11(13)17-8-7-12(3,4)6-5-9-18(14,15)16;1-4-10(12)16-8-7-11(2,3)6-5-9-17(13,14)15;;/h11,15H,1,5-9H2,2-4H3,(H-,13,16,17,18,19);1,5-10H2,2-4H3,(H-,13,15,16,17,18);10,13H,1,5-8H2,2-4H3;1,5-9H2,2-4H3;4H,1,5-9H2,2-3H3;2*1H4. The Morgan fingerprint density at radius 2 is 0.653 bits per heavy atom. The van der Waals surface area contributed by atoms with Crippen LogP contribution in [0.4, 0.5) is 0 Å². The first-order chi connectivity index (χ1) is 41.6. The third kappa shape index (κ3) is 76.6. The van der Waals surface area contributed by atoms with Crippen molar-refractivity contribution >= 4 is 80.3 Å². The maximum atomic E-state index is 11.2. The number of hydrogen-bond donors (Lipinski definition) is 4. The number of amides is 2. The average molecular weight is 1470 g/mol. The van der Waals surface area contributed by atoms with Crippen LogP contribution in [0, 0.1) is 0 Å². The zero-order valence-electron chi connectivity index (χ0n) is 57.0. The molecule has 0 bridgehead atoms. The molecule has 2 atom stereocenters. The van der Waals surface area contributed by atoms with Crippen molar-refractivity contribution in [1.29, 1.82) is 0 Å². The van der Waals surface area contributed by atoms with E-state index in [1.807, 2.05) is 56.4 Å². The van der Waals surface area contributed by atoms with Gasteiger partial charge in [-0.25, -0.2) is 56.5 Å². The molecule has 4 N–H and O–H groups in total. The quantitative estimate of drug-likeness (QED) is 0.0147. The minimum atomic E-state index is -4.45. The highest BCUT2D eigenvalue weighted by Crippen LogP contribution is 2.08. The summed E-state index contributed by atoms with van der Waals surface area (Å²) in [4.78, 5) is 55.5. The van der Waals surface area contributed by atoms with Crippen molar-refractivity contribution in [3.8, 4) is 0 Å². The molecule has 0 radical (unpaired) electrons. The molecule has 32 nitrogen and oxygen atoms in total. The van der Waals surface area contributed by atoms with Crippen molar-refractivity contribution in [3.63, 3.8) is 0 Å². The number of ether oxygens (including phenoxy) is 3. The minimum absolute atomic E-state index is 0. The summed E-state index contributed by atoms with van der Waals surface area (Å²) in [6.45, 7) is 30.1. The molecule has 2 amide bonds. The zero-order chi connectivity index (χ0) is 74.3. The van der Waals surface area contributed by atoms with Gasteiger partial charge in [0.1, 0.15) is 64.8 Å². The molecule has 0 aliphatic heterocycles. The Hall–Kier alpha value is -4.68. The fraction of sp³-hybridized carbons (Fsp3) is 0.741. The lowest BCUT2D eigenvalue weighted by Gasteiger charge is -2.32. The fourth-order valence-corrected chi connectivity index (χ4v) is 10.0. The van der Waals surface area contributed by atoms with E-state index in [-0.39, 0.29) is 81.3 Å². The smallest absolute Gasteiger partial charge is 0.333 e. The lowest BCUT2D eigenvalue weighted by atomic mass is 10.2. The third-order valence-corrected chi connectivity index (χ3v) is 16.5. The van der Waals surface area contributed by atoms with Crippen LogP contribution in [0.3, 0.4) is 0 Å². The number of hydrogen-bond acceptors (Lipinski definition) is 25. The van der Waals surface area contributed by atoms with E-state index in [0.717, 1.165) is 19.0 Å². The molecule has 37 heteroatoms. The van der Waals surface area contributed by atoms with Gasteiger partial charge < -0.3 is 80.2 Å². The summed E-state index contributed by atoms with van der Waals surface area (Å²) in [5.74, 6) is -4.40. The van der Waals surface area contributed by atoms with Gasteiger partial charge >= 0.3 is 17.9 Å². The second-order valence-corrected chi connectivity index (χ2v) is 32.9. The zero-order valence-corrected chi connectivity index (χ0v) is 61.1. The number of likely N-dealkylation sites (N-methyl/N-ethyl adjacent to an activating group) is 4. The first-order valence-electron chi connectivity index (χ1n) is 29.0. The SMILES string of the molecule is C.C.C=C(C)C(=O)NCCC[N+](C)(C)CC(O)CS(=O)(=O)[O-].C=C(C)C(=O)NCCC[N+](C)(C)CCCS(=O)(=O)[O-].C=C(C)C(=O)OCC[N+](C)(C)CC(O)CS(=O)(=O)[O-].C=C(C)C(=O)OCC[N+](C)(C)CCCS(=O)(=O)[O-].C=CC(=O)OCC[N+](C)(C)CCCS(=O)(=O)[O-]. The first kappa shape index (κ1) is 104. The van der Waals surface area contributed by atoms with Crippen molar-refractivity contribution in [2.75, 3.05) is 198 Å². The van der Waals surface area contributed by atoms with Crippen LogP contribution in [0.2, 0.25) is 0 Å². The number of nitrogens with zero attached hydrogens (tertiary/aromatic N) is 5. The summed E-state index contributed by atoms with van der Waals surface area (Å²) in [6.07, 6.45) is 1.08. The number of carbonyl (C=O) groups excluding carboxylic acids is 5. The molecule has 564 valence electrons. The second kappa shape index (κ2) is 48.9. The van der Waals surface area contributed by atoms with E-state index in [1.165, 1.54) is 6.92 Å². The fourth-order valence-electron chi connectivity index (χ4n) is 7.43. The number of nitrogens with one attached hydrogen (secondary N) is 2. The van der Waals surface area contributed by atoms with Crippen LogP contribution in [0.25, 0.3) is 0 Å². The number of aliphatic hydroxyl groups is 2. The Labute approximate surface area is 569 Å². The Kier molecular flexibility index (Phi) is 53.5. The van der Waals surface area contributed by atoms with Gasteiger partial charge in [0.15, 0.2) is 0 Å². The number of esters is 3. The van der Waals surface area contributed by atoms with Crippen LogP contribution in [0.15, 0.2) is 61.3 Å². The minimum Gasteiger partial charge on any atom is -0.748 e. The third-order valence-electron chi connectivity index (χ3n) is 12.6. The average Bonchev–Trinajstić information content (AvgIpc) is 0.960. The topological polar surface area (TPSA) is 464 Å². The molecular weight excluding hydrogens is 1350 g/mol. The molecular formula is C58H117N7O25S5. The van der Waals surface area contributed by atoms with Crippen LogP contribution >= 0.6 is 0 Å². The highest BCUT2D eigenvalue weighted by Gasteiger charge is 2.25. The maximum Gasteiger partial charge on any atom is 0.333 e. The van der Waals surface area contributed by atoms with Crippen LogP contribution < -0.4 is 10.6 Å². The Morgan fingerprint density at radius 3 is 0.905 bits per heavy atom. The van der Waals surface area contributed by atoms with Crippen molar-refractivity contribution in [2.24, 2.45) is 0 Å². The molecule has 95 heavy (non-hydrogen) atoms. The van der Waals surface area contributed by atoms with Gasteiger partial charge in [-0.2, -0.15) is 0 Å². The van der Waals surface area contributed by atoms with Crippen LogP contribution in [0.1, 0.15) is 74.7 Å². The van der Waals surface area contributed by atoms with E-state index in [0.29, 0.717) is 125 Å². The van der Waals surface area contributed by atoms with Gasteiger partial charge in [-0.15, -0.1) is 0 Å². The summed E-state index contributed by atoms with van der Waals surface area (Å²) in [5, 5.41) is 24.5. The molecule has 2 unspecified atom stereocenters. The Balaban J connectivity index is -0.000000203. The normalized spacial score (nSPS) is 12.6. The van der Waals surface area contributed by atoms with Gasteiger partial charge in [0.05, 0.1) is 165 Å². The number of rotatable bonds is 42. The largest absolute Gasteiger partial charge is 0.748 e. The predicted octanol–water partition coefficient (Wildman–Crippen LogP) is -0.663. The van der Waals surface area contributed by atoms with Gasteiger partial charge in [0, 0.05) is 90.8 Å². The molecule has 0 aromatic rings. The van der Waals surface area contributed by atoms with Crippen molar-refractivity contribution in [2.45, 2.75) is 86.9 Å². The molecule has 0 fully saturated rings. The van der Waals surface area contributed by atoms with E-state index < -0.39 is 92.2 Å². The molecule has 0 aromatic carbocycles. The first-order valence-corrected chi connectivity index (χ1v) is 36.9. The Morgan fingerprint density at radius 1 is 0.411 bits per heavy atom. The molecule has 0 heterocycles. The number of aliphatic hydroxyl groups excluding tert-OH is 2. The van der Waals surface area contributed by atoms with Gasteiger partial charge in [-0.1, -0.05) is 47.7 Å². The molecule has 0 rings (SSSR count). The van der Waals surface area contributed by atoms with Crippen molar-refractivity contribution in [1.82, 2.24) is 10.6 Å². The molecule has 0 aliphatic carbocycles. The number of carbonyl (C=O) groups is 5. The summed E-state index contributed by atoms with van der Waals surface area (Å²) >= 11 is 0. The maximum absolute atomic E-state index is 11.2. The molecule has 0 spiro atoms.